The van der Waals surface area contributed by atoms with Crippen LogP contribution in [-0.4, -0.2) is 69.9 Å². The van der Waals surface area contributed by atoms with Gasteiger partial charge in [0, 0.05) is 19.1 Å². The minimum absolute atomic E-state index is 0.0446. The lowest BCUT2D eigenvalue weighted by Crippen LogP contribution is -2.51. The van der Waals surface area contributed by atoms with Crippen LogP contribution in [0.2, 0.25) is 0 Å². The van der Waals surface area contributed by atoms with Crippen LogP contribution in [-0.2, 0) is 19.4 Å². The molecule has 1 aliphatic rings. The van der Waals surface area contributed by atoms with E-state index in [-0.39, 0.29) is 17.4 Å². The molecule has 0 aliphatic carbocycles. The highest BCUT2D eigenvalue weighted by Gasteiger charge is 2.38. The zero-order valence-electron chi connectivity index (χ0n) is 13.1. The van der Waals surface area contributed by atoms with E-state index in [4.69, 9.17) is 0 Å². The standard InChI is InChI=1S/C13H25N3O4S/c1-13(2,11(17)14-6-7-16(3)4)12(18)15-10-5-8-21(19,20)9-10/h10H,5-9H2,1-4H3,(H,14,17)(H,15,18). The van der Waals surface area contributed by atoms with E-state index in [2.05, 4.69) is 10.6 Å². The molecule has 0 aromatic carbocycles. The van der Waals surface area contributed by atoms with Crippen LogP contribution < -0.4 is 10.6 Å². The second-order valence-electron chi connectivity index (χ2n) is 6.26. The van der Waals surface area contributed by atoms with E-state index >= 15 is 0 Å². The fraction of sp³-hybridized carbons (Fsp3) is 0.846. The van der Waals surface area contributed by atoms with Crippen molar-refractivity contribution in [2.45, 2.75) is 26.3 Å². The summed E-state index contributed by atoms with van der Waals surface area (Å²) >= 11 is 0. The molecule has 1 atom stereocenters. The van der Waals surface area contributed by atoms with Gasteiger partial charge in [-0.2, -0.15) is 0 Å². The Labute approximate surface area is 126 Å². The second kappa shape index (κ2) is 6.74. The number of sulfone groups is 1. The Morgan fingerprint density at radius 2 is 1.86 bits per heavy atom. The Morgan fingerprint density at radius 3 is 2.33 bits per heavy atom. The van der Waals surface area contributed by atoms with Gasteiger partial charge in [0.15, 0.2) is 9.84 Å². The lowest BCUT2D eigenvalue weighted by molar-refractivity contribution is -0.141. The Hall–Kier alpha value is -1.15. The second-order valence-corrected chi connectivity index (χ2v) is 8.49. The first-order valence-corrected chi connectivity index (χ1v) is 8.81. The molecule has 7 nitrogen and oxygen atoms in total. The van der Waals surface area contributed by atoms with Gasteiger partial charge in [-0.1, -0.05) is 0 Å². The maximum absolute atomic E-state index is 12.2. The minimum atomic E-state index is -3.05. The monoisotopic (exact) mass is 319 g/mol. The molecule has 0 saturated carbocycles. The highest BCUT2D eigenvalue weighted by Crippen LogP contribution is 2.18. The van der Waals surface area contributed by atoms with Crippen LogP contribution in [0.5, 0.6) is 0 Å². The van der Waals surface area contributed by atoms with Crippen molar-refractivity contribution in [3.63, 3.8) is 0 Å². The van der Waals surface area contributed by atoms with Crippen LogP contribution in [0.3, 0.4) is 0 Å². The van der Waals surface area contributed by atoms with E-state index in [9.17, 15) is 18.0 Å². The number of nitrogens with one attached hydrogen (secondary N) is 2. The van der Waals surface area contributed by atoms with E-state index in [1.165, 1.54) is 13.8 Å². The van der Waals surface area contributed by atoms with Crippen LogP contribution >= 0.6 is 0 Å². The molecule has 0 radical (unpaired) electrons. The van der Waals surface area contributed by atoms with Crippen molar-refractivity contribution in [3.05, 3.63) is 0 Å². The summed E-state index contributed by atoms with van der Waals surface area (Å²) in [5.74, 6) is -0.751. The largest absolute Gasteiger partial charge is 0.354 e. The van der Waals surface area contributed by atoms with Gasteiger partial charge in [0.25, 0.3) is 0 Å². The predicted octanol–water partition coefficient (Wildman–Crippen LogP) is -1.01. The summed E-state index contributed by atoms with van der Waals surface area (Å²) < 4.78 is 22.8. The number of amides is 2. The Bertz CT molecular complexity index is 500. The molecule has 1 fully saturated rings. The van der Waals surface area contributed by atoms with Crippen LogP contribution in [0.25, 0.3) is 0 Å². The first kappa shape index (κ1) is 17.9. The number of likely N-dealkylation sites (N-methyl/N-ethyl adjacent to an activating group) is 1. The molecule has 0 spiro atoms. The van der Waals surface area contributed by atoms with Gasteiger partial charge < -0.3 is 15.5 Å². The number of hydrogen-bond donors (Lipinski definition) is 2. The molecule has 1 unspecified atom stereocenters. The maximum atomic E-state index is 12.2. The smallest absolute Gasteiger partial charge is 0.235 e. The van der Waals surface area contributed by atoms with Crippen molar-refractivity contribution in [2.24, 2.45) is 5.41 Å². The molecule has 2 amide bonds. The minimum Gasteiger partial charge on any atom is -0.354 e. The Kier molecular flexibility index (Phi) is 5.75. The van der Waals surface area contributed by atoms with Crippen molar-refractivity contribution >= 4 is 21.7 Å². The molecule has 1 saturated heterocycles. The molecule has 8 heteroatoms. The normalized spacial score (nSPS) is 21.3. The molecule has 1 heterocycles. The first-order valence-electron chi connectivity index (χ1n) is 6.99. The summed E-state index contributed by atoms with van der Waals surface area (Å²) in [5.41, 5.74) is -1.22. The number of carbonyl (C=O) groups is 2. The van der Waals surface area contributed by atoms with Crippen molar-refractivity contribution in [1.82, 2.24) is 15.5 Å². The van der Waals surface area contributed by atoms with Crippen molar-refractivity contribution in [2.75, 3.05) is 38.7 Å². The van der Waals surface area contributed by atoms with Gasteiger partial charge >= 0.3 is 0 Å². The quantitative estimate of drug-likeness (QED) is 0.612. The molecule has 0 aromatic rings. The van der Waals surface area contributed by atoms with E-state index < -0.39 is 27.2 Å². The third-order valence-electron chi connectivity index (χ3n) is 3.55. The average Bonchev–Trinajstić information content (AvgIpc) is 2.67. The maximum Gasteiger partial charge on any atom is 0.235 e. The molecular formula is C13H25N3O4S. The molecule has 21 heavy (non-hydrogen) atoms. The number of hydrogen-bond acceptors (Lipinski definition) is 5. The molecular weight excluding hydrogens is 294 g/mol. The number of carbonyl (C=O) groups excluding carboxylic acids is 2. The lowest BCUT2D eigenvalue weighted by atomic mass is 9.90. The van der Waals surface area contributed by atoms with E-state index in [0.29, 0.717) is 19.5 Å². The highest BCUT2D eigenvalue weighted by atomic mass is 32.2. The van der Waals surface area contributed by atoms with Gasteiger partial charge in [0.05, 0.1) is 11.5 Å². The highest BCUT2D eigenvalue weighted by molar-refractivity contribution is 7.91. The zero-order chi connectivity index (χ0) is 16.3. The van der Waals surface area contributed by atoms with E-state index in [1.54, 1.807) is 0 Å². The molecule has 1 rings (SSSR count). The van der Waals surface area contributed by atoms with E-state index in [1.807, 2.05) is 19.0 Å². The van der Waals surface area contributed by atoms with Crippen LogP contribution in [0.4, 0.5) is 0 Å². The van der Waals surface area contributed by atoms with Gasteiger partial charge in [-0.05, 0) is 34.4 Å². The summed E-state index contributed by atoms with van der Waals surface area (Å²) in [6.07, 6.45) is 0.409. The molecule has 2 N–H and O–H groups in total. The summed E-state index contributed by atoms with van der Waals surface area (Å²) in [4.78, 5) is 26.2. The zero-order valence-corrected chi connectivity index (χ0v) is 13.9. The number of rotatable bonds is 6. The third-order valence-corrected chi connectivity index (χ3v) is 5.32. The fourth-order valence-electron chi connectivity index (χ4n) is 1.99. The SMILES string of the molecule is CN(C)CCNC(=O)C(C)(C)C(=O)NC1CCS(=O)(=O)C1. The van der Waals surface area contributed by atoms with Crippen molar-refractivity contribution in [1.29, 1.82) is 0 Å². The molecule has 1 aliphatic heterocycles. The summed E-state index contributed by atoms with van der Waals surface area (Å²) in [6, 6.07) is -0.392. The van der Waals surface area contributed by atoms with Crippen LogP contribution in [0.15, 0.2) is 0 Å². The first-order chi connectivity index (χ1) is 9.54. The number of nitrogens with zero attached hydrogens (tertiary/aromatic N) is 1. The van der Waals surface area contributed by atoms with Crippen LogP contribution in [0, 0.1) is 5.41 Å². The van der Waals surface area contributed by atoms with Crippen molar-refractivity contribution in [3.8, 4) is 0 Å². The van der Waals surface area contributed by atoms with E-state index in [0.717, 1.165) is 0 Å². The average molecular weight is 319 g/mol. The summed E-state index contributed by atoms with van der Waals surface area (Å²) in [6.45, 7) is 4.22. The van der Waals surface area contributed by atoms with Gasteiger partial charge in [-0.15, -0.1) is 0 Å². The summed E-state index contributed by atoms with van der Waals surface area (Å²) in [7, 11) is 0.735. The fourth-order valence-corrected chi connectivity index (χ4v) is 3.67. The van der Waals surface area contributed by atoms with Gasteiger partial charge in [0.1, 0.15) is 5.41 Å². The summed E-state index contributed by atoms with van der Waals surface area (Å²) in [5, 5.41) is 5.38. The topological polar surface area (TPSA) is 95.6 Å². The molecule has 0 bridgehead atoms. The Balaban J connectivity index is 2.52. The van der Waals surface area contributed by atoms with Crippen LogP contribution in [0.1, 0.15) is 20.3 Å². The molecule has 0 aromatic heterocycles. The third kappa shape index (κ3) is 5.28. The van der Waals surface area contributed by atoms with Gasteiger partial charge in [0.2, 0.25) is 11.8 Å². The predicted molar refractivity (Wildman–Crippen MR) is 80.5 cm³/mol. The van der Waals surface area contributed by atoms with Crippen molar-refractivity contribution < 1.29 is 18.0 Å². The lowest BCUT2D eigenvalue weighted by Gasteiger charge is -2.25. The van der Waals surface area contributed by atoms with Gasteiger partial charge in [-0.25, -0.2) is 8.42 Å². The molecule has 122 valence electrons. The van der Waals surface area contributed by atoms with Gasteiger partial charge in [-0.3, -0.25) is 9.59 Å². The Morgan fingerprint density at radius 1 is 1.24 bits per heavy atom.